The highest BCUT2D eigenvalue weighted by Crippen LogP contribution is 2.24. The lowest BCUT2D eigenvalue weighted by molar-refractivity contribution is 0.210. The Balaban J connectivity index is 1.52. The maximum atomic E-state index is 10.7. The molecule has 0 spiro atoms. The molecule has 3 rings (SSSR count). The fourth-order valence-corrected chi connectivity index (χ4v) is 3.00. The van der Waals surface area contributed by atoms with Crippen molar-refractivity contribution in [3.05, 3.63) is 70.6 Å². The molecule has 1 aromatic heterocycles. The van der Waals surface area contributed by atoms with Gasteiger partial charge in [-0.05, 0) is 60.3 Å². The Bertz CT molecular complexity index is 1000. The van der Waals surface area contributed by atoms with Gasteiger partial charge < -0.3 is 15.7 Å². The van der Waals surface area contributed by atoms with Gasteiger partial charge in [-0.25, -0.2) is 9.78 Å². The zero-order chi connectivity index (χ0) is 20.6. The Kier molecular flexibility index (Phi) is 7.10. The number of rotatable bonds is 8. The summed E-state index contributed by atoms with van der Waals surface area (Å²) in [4.78, 5) is 18.6. The van der Waals surface area contributed by atoms with Crippen molar-refractivity contribution in [3.63, 3.8) is 0 Å². The number of carboxylic acid groups (broad SMARTS) is 1. The van der Waals surface area contributed by atoms with Crippen LogP contribution in [0.3, 0.4) is 0 Å². The van der Waals surface area contributed by atoms with Gasteiger partial charge in [-0.15, -0.1) is 0 Å². The number of hydrogen-bond acceptors (Lipinski definition) is 5. The second kappa shape index (κ2) is 9.95. The quantitative estimate of drug-likeness (QED) is 0.271. The third-order valence-corrected chi connectivity index (χ3v) is 4.45. The van der Waals surface area contributed by atoms with Gasteiger partial charge >= 0.3 is 6.09 Å². The van der Waals surface area contributed by atoms with Crippen molar-refractivity contribution in [2.45, 2.75) is 12.8 Å². The zero-order valence-corrected chi connectivity index (χ0v) is 16.8. The Labute approximate surface area is 178 Å². The van der Waals surface area contributed by atoms with E-state index >= 15 is 0 Å². The van der Waals surface area contributed by atoms with Gasteiger partial charge in [0.15, 0.2) is 5.82 Å². The number of benzene rings is 2. The van der Waals surface area contributed by atoms with Crippen molar-refractivity contribution in [2.24, 2.45) is 0 Å². The fourth-order valence-electron chi connectivity index (χ4n) is 2.73. The van der Waals surface area contributed by atoms with E-state index in [1.54, 1.807) is 18.2 Å². The van der Waals surface area contributed by atoms with Crippen LogP contribution < -0.4 is 16.0 Å². The van der Waals surface area contributed by atoms with Crippen LogP contribution in [-0.4, -0.2) is 27.7 Å². The molecule has 29 heavy (non-hydrogen) atoms. The number of aromatic nitrogens is 2. The third-order valence-electron chi connectivity index (χ3n) is 3.99. The first-order chi connectivity index (χ1) is 14.0. The highest BCUT2D eigenvalue weighted by molar-refractivity contribution is 6.33. The SMILES string of the molecule is O=C(O)Nc1cccc(NCCCc2cccc(Nc3nc(Cl)ncc3Cl)c2)c1. The number of aryl methyl sites for hydroxylation is 1. The minimum atomic E-state index is -1.08. The molecule has 0 saturated heterocycles. The first-order valence-electron chi connectivity index (χ1n) is 8.87. The van der Waals surface area contributed by atoms with E-state index in [0.717, 1.165) is 36.3 Å². The van der Waals surface area contributed by atoms with Gasteiger partial charge in [-0.1, -0.05) is 29.8 Å². The van der Waals surface area contributed by atoms with E-state index in [1.165, 1.54) is 6.20 Å². The number of carbonyl (C=O) groups is 1. The molecule has 0 aliphatic heterocycles. The molecule has 0 aliphatic rings. The molecule has 0 bridgehead atoms. The number of nitrogens with one attached hydrogen (secondary N) is 3. The molecule has 3 aromatic rings. The van der Waals surface area contributed by atoms with Crippen LogP contribution in [0.1, 0.15) is 12.0 Å². The van der Waals surface area contributed by atoms with Gasteiger partial charge in [-0.2, -0.15) is 4.98 Å². The first-order valence-corrected chi connectivity index (χ1v) is 9.63. The molecule has 1 amide bonds. The fraction of sp³-hybridized carbons (Fsp3) is 0.150. The topological polar surface area (TPSA) is 99.2 Å². The van der Waals surface area contributed by atoms with Gasteiger partial charge in [0.05, 0.1) is 6.20 Å². The third kappa shape index (κ3) is 6.51. The number of halogens is 2. The van der Waals surface area contributed by atoms with Gasteiger partial charge in [0.2, 0.25) is 5.28 Å². The summed E-state index contributed by atoms with van der Waals surface area (Å²) >= 11 is 11.9. The van der Waals surface area contributed by atoms with Gasteiger partial charge in [0.1, 0.15) is 5.02 Å². The van der Waals surface area contributed by atoms with Crippen molar-refractivity contribution < 1.29 is 9.90 Å². The minimum absolute atomic E-state index is 0.127. The van der Waals surface area contributed by atoms with E-state index in [4.69, 9.17) is 28.3 Å². The van der Waals surface area contributed by atoms with Crippen LogP contribution in [0.25, 0.3) is 0 Å². The molecular weight excluding hydrogens is 413 g/mol. The van der Waals surface area contributed by atoms with Gasteiger partial charge in [0, 0.05) is 23.6 Å². The van der Waals surface area contributed by atoms with E-state index in [0.29, 0.717) is 16.5 Å². The van der Waals surface area contributed by atoms with Crippen LogP contribution >= 0.6 is 23.2 Å². The predicted molar refractivity (Wildman–Crippen MR) is 117 cm³/mol. The van der Waals surface area contributed by atoms with Gasteiger partial charge in [0.25, 0.3) is 0 Å². The lowest BCUT2D eigenvalue weighted by Crippen LogP contribution is -2.08. The Morgan fingerprint density at radius 3 is 2.62 bits per heavy atom. The van der Waals surface area contributed by atoms with Crippen molar-refractivity contribution in [3.8, 4) is 0 Å². The number of amides is 1. The maximum absolute atomic E-state index is 10.7. The van der Waals surface area contributed by atoms with Crippen LogP contribution in [-0.2, 0) is 6.42 Å². The smallest absolute Gasteiger partial charge is 0.409 e. The van der Waals surface area contributed by atoms with E-state index in [2.05, 4.69) is 32.0 Å². The van der Waals surface area contributed by atoms with Crippen LogP contribution in [0.15, 0.2) is 54.7 Å². The summed E-state index contributed by atoms with van der Waals surface area (Å²) in [5, 5.41) is 18.1. The molecule has 2 aromatic carbocycles. The molecule has 9 heteroatoms. The monoisotopic (exact) mass is 431 g/mol. The molecule has 0 radical (unpaired) electrons. The number of hydrogen-bond donors (Lipinski definition) is 4. The summed E-state index contributed by atoms with van der Waals surface area (Å²) in [7, 11) is 0. The van der Waals surface area contributed by atoms with E-state index in [9.17, 15) is 4.79 Å². The Hall–Kier alpha value is -3.03. The maximum Gasteiger partial charge on any atom is 0.409 e. The summed E-state index contributed by atoms with van der Waals surface area (Å²) in [5.74, 6) is 0.459. The lowest BCUT2D eigenvalue weighted by Gasteiger charge is -2.10. The molecule has 0 atom stereocenters. The Morgan fingerprint density at radius 1 is 1.03 bits per heavy atom. The molecule has 0 saturated carbocycles. The average Bonchev–Trinajstić information content (AvgIpc) is 2.68. The van der Waals surface area contributed by atoms with Crippen molar-refractivity contribution in [1.29, 1.82) is 0 Å². The number of anilines is 4. The lowest BCUT2D eigenvalue weighted by atomic mass is 10.1. The summed E-state index contributed by atoms with van der Waals surface area (Å²) in [5.41, 5.74) is 3.42. The largest absolute Gasteiger partial charge is 0.465 e. The van der Waals surface area contributed by atoms with Crippen molar-refractivity contribution in [2.75, 3.05) is 22.5 Å². The second-order valence-corrected chi connectivity index (χ2v) is 6.95. The van der Waals surface area contributed by atoms with E-state index < -0.39 is 6.09 Å². The average molecular weight is 432 g/mol. The summed E-state index contributed by atoms with van der Waals surface area (Å²) in [6.07, 6.45) is 2.14. The van der Waals surface area contributed by atoms with Gasteiger partial charge in [-0.3, -0.25) is 5.32 Å². The number of nitrogens with zero attached hydrogens (tertiary/aromatic N) is 2. The van der Waals surface area contributed by atoms with E-state index in [-0.39, 0.29) is 5.28 Å². The molecule has 0 fully saturated rings. The second-order valence-electron chi connectivity index (χ2n) is 6.20. The molecule has 0 aliphatic carbocycles. The zero-order valence-electron chi connectivity index (χ0n) is 15.3. The van der Waals surface area contributed by atoms with E-state index in [1.807, 2.05) is 24.3 Å². The standard InChI is InChI=1S/C20H19Cl2N5O2/c21-17-12-24-19(22)27-18(17)25-15-7-1-4-13(10-15)5-3-9-23-14-6-2-8-16(11-14)26-20(28)29/h1-2,4,6-8,10-12,23,26H,3,5,9H2,(H,28,29)(H,24,25,27). The normalized spacial score (nSPS) is 10.4. The minimum Gasteiger partial charge on any atom is -0.465 e. The van der Waals surface area contributed by atoms with Crippen LogP contribution in [0, 0.1) is 0 Å². The molecule has 4 N–H and O–H groups in total. The molecule has 7 nitrogen and oxygen atoms in total. The Morgan fingerprint density at radius 2 is 1.79 bits per heavy atom. The first kappa shape index (κ1) is 20.7. The highest BCUT2D eigenvalue weighted by atomic mass is 35.5. The molecule has 150 valence electrons. The van der Waals surface area contributed by atoms with Crippen molar-refractivity contribution in [1.82, 2.24) is 9.97 Å². The molecule has 0 unspecified atom stereocenters. The summed E-state index contributed by atoms with van der Waals surface area (Å²) in [6.45, 7) is 0.752. The highest BCUT2D eigenvalue weighted by Gasteiger charge is 2.05. The summed E-state index contributed by atoms with van der Waals surface area (Å²) in [6, 6.07) is 15.1. The van der Waals surface area contributed by atoms with Crippen LogP contribution in [0.4, 0.5) is 27.7 Å². The summed E-state index contributed by atoms with van der Waals surface area (Å²) < 4.78 is 0. The van der Waals surface area contributed by atoms with Crippen molar-refractivity contribution >= 4 is 52.2 Å². The van der Waals surface area contributed by atoms with Crippen LogP contribution in [0.5, 0.6) is 0 Å². The molecule has 1 heterocycles. The predicted octanol–water partition coefficient (Wildman–Crippen LogP) is 5.66. The van der Waals surface area contributed by atoms with Crippen LogP contribution in [0.2, 0.25) is 10.3 Å². The molecular formula is C20H19Cl2N5O2.